The molecule has 0 atom stereocenters. The van der Waals surface area contributed by atoms with Gasteiger partial charge in [-0.05, 0) is 98.0 Å². The van der Waals surface area contributed by atoms with Crippen LogP contribution in [0, 0.1) is 0 Å². The molecule has 0 saturated carbocycles. The van der Waals surface area contributed by atoms with E-state index in [0.29, 0.717) is 0 Å². The second-order valence-corrected chi connectivity index (χ2v) is 17.0. The van der Waals surface area contributed by atoms with Gasteiger partial charge in [-0.1, -0.05) is 174 Å². The van der Waals surface area contributed by atoms with Gasteiger partial charge in [0.25, 0.3) is 0 Å². The molecule has 0 radical (unpaired) electrons. The fourth-order valence-corrected chi connectivity index (χ4v) is 9.02. The largest absolute Gasteiger partial charge is 0.456 e. The van der Waals surface area contributed by atoms with Crippen molar-refractivity contribution < 1.29 is 4.42 Å². The van der Waals surface area contributed by atoms with E-state index in [1.807, 2.05) is 12.1 Å². The standard InChI is InChI=1S/C55H45NO/c1-54(2,3)39-29-33-46-48(35-39)55(4,5)47-22-15-21-45(53(46)47)42-19-10-13-24-50(42)56(49-23-12-9-18-41(49)37-16-7-6-8-17-37)40-30-26-36(27-31-40)38-28-32-44-43-20-11-14-25-51(43)57-52(44)34-38/h6-35H,1-5H3. The van der Waals surface area contributed by atoms with Gasteiger partial charge in [-0.25, -0.2) is 0 Å². The van der Waals surface area contributed by atoms with E-state index >= 15 is 0 Å². The van der Waals surface area contributed by atoms with Crippen LogP contribution in [0.5, 0.6) is 0 Å². The maximum Gasteiger partial charge on any atom is 0.136 e. The minimum absolute atomic E-state index is 0.0671. The van der Waals surface area contributed by atoms with E-state index in [0.717, 1.165) is 50.1 Å². The molecule has 0 bridgehead atoms. The Morgan fingerprint density at radius 2 is 1.07 bits per heavy atom. The topological polar surface area (TPSA) is 16.4 Å². The van der Waals surface area contributed by atoms with Gasteiger partial charge in [-0.3, -0.25) is 0 Å². The average Bonchev–Trinajstić information content (AvgIpc) is 3.73. The van der Waals surface area contributed by atoms with Gasteiger partial charge in [-0.2, -0.15) is 0 Å². The van der Waals surface area contributed by atoms with Crippen molar-refractivity contribution in [3.8, 4) is 44.5 Å². The zero-order valence-corrected chi connectivity index (χ0v) is 33.2. The third-order valence-electron chi connectivity index (χ3n) is 12.1. The van der Waals surface area contributed by atoms with Crippen molar-refractivity contribution in [1.82, 2.24) is 0 Å². The van der Waals surface area contributed by atoms with E-state index in [-0.39, 0.29) is 10.8 Å². The summed E-state index contributed by atoms with van der Waals surface area (Å²) in [6, 6.07) is 66.3. The van der Waals surface area contributed by atoms with Crippen LogP contribution in [0.3, 0.4) is 0 Å². The molecule has 0 spiro atoms. The quantitative estimate of drug-likeness (QED) is 0.169. The van der Waals surface area contributed by atoms with Crippen LogP contribution >= 0.6 is 0 Å². The van der Waals surface area contributed by atoms with E-state index in [2.05, 4.69) is 209 Å². The molecule has 0 unspecified atom stereocenters. The molecule has 57 heavy (non-hydrogen) atoms. The molecule has 0 amide bonds. The maximum atomic E-state index is 6.28. The highest BCUT2D eigenvalue weighted by atomic mass is 16.3. The van der Waals surface area contributed by atoms with Crippen LogP contribution in [-0.2, 0) is 10.8 Å². The number of rotatable bonds is 6. The molecule has 1 aliphatic carbocycles. The van der Waals surface area contributed by atoms with Gasteiger partial charge in [-0.15, -0.1) is 0 Å². The van der Waals surface area contributed by atoms with Gasteiger partial charge in [0, 0.05) is 33.0 Å². The summed E-state index contributed by atoms with van der Waals surface area (Å²) in [5.74, 6) is 0. The van der Waals surface area contributed by atoms with Crippen LogP contribution in [0.4, 0.5) is 17.1 Å². The van der Waals surface area contributed by atoms with Crippen molar-refractivity contribution in [3.63, 3.8) is 0 Å². The number of para-hydroxylation sites is 3. The van der Waals surface area contributed by atoms with Crippen molar-refractivity contribution in [2.24, 2.45) is 0 Å². The fraction of sp³-hybridized carbons (Fsp3) is 0.127. The van der Waals surface area contributed by atoms with E-state index in [9.17, 15) is 0 Å². The molecule has 0 aliphatic heterocycles. The van der Waals surface area contributed by atoms with Crippen LogP contribution in [0.25, 0.3) is 66.4 Å². The van der Waals surface area contributed by atoms with Gasteiger partial charge >= 0.3 is 0 Å². The van der Waals surface area contributed by atoms with Crippen molar-refractivity contribution in [2.45, 2.75) is 45.4 Å². The Morgan fingerprint density at radius 3 is 1.84 bits per heavy atom. The van der Waals surface area contributed by atoms with E-state index < -0.39 is 0 Å². The van der Waals surface area contributed by atoms with Crippen molar-refractivity contribution in [1.29, 1.82) is 0 Å². The minimum Gasteiger partial charge on any atom is -0.456 e. The summed E-state index contributed by atoms with van der Waals surface area (Å²) in [6.07, 6.45) is 0. The van der Waals surface area contributed by atoms with Crippen molar-refractivity contribution in [2.75, 3.05) is 4.90 Å². The van der Waals surface area contributed by atoms with E-state index in [4.69, 9.17) is 4.42 Å². The Balaban J connectivity index is 1.15. The van der Waals surface area contributed by atoms with Gasteiger partial charge < -0.3 is 9.32 Å². The zero-order chi connectivity index (χ0) is 38.9. The Labute approximate surface area is 335 Å². The second kappa shape index (κ2) is 13.2. The molecular formula is C55H45NO. The third-order valence-corrected chi connectivity index (χ3v) is 12.1. The molecule has 1 aliphatic rings. The van der Waals surface area contributed by atoms with Gasteiger partial charge in [0.15, 0.2) is 0 Å². The highest BCUT2D eigenvalue weighted by Gasteiger charge is 2.38. The first kappa shape index (κ1) is 34.8. The van der Waals surface area contributed by atoms with Gasteiger partial charge in [0.1, 0.15) is 11.2 Å². The number of furan rings is 1. The molecule has 2 nitrogen and oxygen atoms in total. The third kappa shape index (κ3) is 5.78. The van der Waals surface area contributed by atoms with E-state index in [1.54, 1.807) is 0 Å². The maximum absolute atomic E-state index is 6.28. The lowest BCUT2D eigenvalue weighted by Gasteiger charge is -2.30. The molecule has 276 valence electrons. The number of nitrogens with zero attached hydrogens (tertiary/aromatic N) is 1. The van der Waals surface area contributed by atoms with Crippen molar-refractivity contribution >= 4 is 39.0 Å². The summed E-state index contributed by atoms with van der Waals surface area (Å²) in [5.41, 5.74) is 19.0. The van der Waals surface area contributed by atoms with E-state index in [1.165, 1.54) is 50.1 Å². The molecule has 2 heteroatoms. The Bertz CT molecular complexity index is 2960. The van der Waals surface area contributed by atoms with Crippen LogP contribution in [0.15, 0.2) is 186 Å². The SMILES string of the molecule is CC(C)(C)c1ccc2c(c1)C(C)(C)c1cccc(-c3ccccc3N(c3ccc(-c4ccc5c(c4)oc4ccccc45)cc3)c3ccccc3-c3ccccc3)c1-2. The average molecular weight is 736 g/mol. The lowest BCUT2D eigenvalue weighted by atomic mass is 9.79. The highest BCUT2D eigenvalue weighted by Crippen LogP contribution is 2.55. The lowest BCUT2D eigenvalue weighted by molar-refractivity contribution is 0.584. The molecule has 0 N–H and O–H groups in total. The molecule has 9 aromatic rings. The zero-order valence-electron chi connectivity index (χ0n) is 33.2. The van der Waals surface area contributed by atoms with Crippen LogP contribution in [0.1, 0.15) is 51.3 Å². The summed E-state index contributed by atoms with van der Waals surface area (Å²) in [6.45, 7) is 11.7. The molecular weight excluding hydrogens is 691 g/mol. The number of anilines is 3. The second-order valence-electron chi connectivity index (χ2n) is 17.0. The first-order valence-electron chi connectivity index (χ1n) is 20.0. The monoisotopic (exact) mass is 735 g/mol. The van der Waals surface area contributed by atoms with Gasteiger partial charge in [0.05, 0.1) is 11.4 Å². The summed E-state index contributed by atoms with van der Waals surface area (Å²) >= 11 is 0. The predicted molar refractivity (Wildman–Crippen MR) is 241 cm³/mol. The normalized spacial score (nSPS) is 13.1. The molecule has 0 saturated heterocycles. The number of hydrogen-bond donors (Lipinski definition) is 0. The molecule has 8 aromatic carbocycles. The first-order chi connectivity index (χ1) is 27.7. The van der Waals surface area contributed by atoms with Gasteiger partial charge in [0.2, 0.25) is 0 Å². The van der Waals surface area contributed by atoms with Crippen LogP contribution in [-0.4, -0.2) is 0 Å². The minimum atomic E-state index is -0.127. The molecule has 1 aromatic heterocycles. The Kier molecular flexibility index (Phi) is 8.09. The Morgan fingerprint density at radius 1 is 0.439 bits per heavy atom. The Hall–Kier alpha value is -6.64. The molecule has 1 heterocycles. The number of fused-ring (bicyclic) bond motifs is 6. The summed E-state index contributed by atoms with van der Waals surface area (Å²) in [7, 11) is 0. The predicted octanol–water partition coefficient (Wildman–Crippen LogP) is 15.7. The lowest BCUT2D eigenvalue weighted by Crippen LogP contribution is -2.17. The van der Waals surface area contributed by atoms with Crippen LogP contribution in [0.2, 0.25) is 0 Å². The summed E-state index contributed by atoms with van der Waals surface area (Å²) in [5, 5.41) is 2.28. The molecule has 0 fully saturated rings. The smallest absolute Gasteiger partial charge is 0.136 e. The fourth-order valence-electron chi connectivity index (χ4n) is 9.02. The molecule has 10 rings (SSSR count). The first-order valence-corrected chi connectivity index (χ1v) is 20.0. The van der Waals surface area contributed by atoms with Crippen LogP contribution < -0.4 is 4.90 Å². The van der Waals surface area contributed by atoms with Crippen molar-refractivity contribution in [3.05, 3.63) is 199 Å². The summed E-state index contributed by atoms with van der Waals surface area (Å²) in [4.78, 5) is 2.45. The highest BCUT2D eigenvalue weighted by molar-refractivity contribution is 6.06. The summed E-state index contributed by atoms with van der Waals surface area (Å²) < 4.78 is 6.28. The number of hydrogen-bond acceptors (Lipinski definition) is 2. The number of benzene rings is 8.